The van der Waals surface area contributed by atoms with E-state index >= 15 is 0 Å². The van der Waals surface area contributed by atoms with E-state index in [1.807, 2.05) is 24.3 Å². The molecule has 0 N–H and O–H groups in total. The van der Waals surface area contributed by atoms with Crippen molar-refractivity contribution >= 4 is 21.4 Å². The van der Waals surface area contributed by atoms with E-state index in [1.165, 1.54) is 0 Å². The van der Waals surface area contributed by atoms with Crippen LogP contribution in [0, 0.1) is 0 Å². The summed E-state index contributed by atoms with van der Waals surface area (Å²) in [7, 11) is -1.70. The van der Waals surface area contributed by atoms with E-state index in [0.717, 1.165) is 11.3 Å². The van der Waals surface area contributed by atoms with Gasteiger partial charge in [-0.1, -0.05) is 30.3 Å². The number of aryl methyl sites for hydroxylation is 1. The molecular weight excluding hydrogens is 326 g/mol. The molecule has 0 fully saturated rings. The molecule has 0 saturated heterocycles. The predicted molar refractivity (Wildman–Crippen MR) is 92.2 cm³/mol. The number of nitrogens with zero attached hydrogens (tertiary/aromatic N) is 1. The maximum atomic E-state index is 12.6. The van der Waals surface area contributed by atoms with Gasteiger partial charge < -0.3 is 9.64 Å². The number of hydrogen-bond acceptors (Lipinski definition) is 4. The number of benzene rings is 2. The first kappa shape index (κ1) is 16.5. The smallest absolute Gasteiger partial charge is 0.227 e. The number of rotatable bonds is 4. The van der Waals surface area contributed by atoms with Crippen molar-refractivity contribution in [3.8, 4) is 5.75 Å². The van der Waals surface area contributed by atoms with Gasteiger partial charge >= 0.3 is 0 Å². The van der Waals surface area contributed by atoms with Crippen molar-refractivity contribution in [1.82, 2.24) is 0 Å². The summed E-state index contributed by atoms with van der Waals surface area (Å²) in [4.78, 5) is 14.4. The van der Waals surface area contributed by atoms with E-state index in [1.54, 1.807) is 36.3 Å². The Bertz CT molecular complexity index is 861. The first-order chi connectivity index (χ1) is 11.5. The second-order valence-corrected chi connectivity index (χ2v) is 7.72. The fourth-order valence-corrected chi connectivity index (χ4v) is 4.36. The molecule has 5 nitrogen and oxygen atoms in total. The van der Waals surface area contributed by atoms with Gasteiger partial charge in [-0.3, -0.25) is 4.79 Å². The number of methoxy groups -OCH3 is 1. The molecular formula is C18H19NO4S. The molecule has 0 bridgehead atoms. The highest BCUT2D eigenvalue weighted by molar-refractivity contribution is 7.91. The number of ether oxygens (including phenoxy) is 1. The van der Waals surface area contributed by atoms with E-state index in [9.17, 15) is 13.2 Å². The van der Waals surface area contributed by atoms with Crippen LogP contribution in [-0.4, -0.2) is 33.7 Å². The van der Waals surface area contributed by atoms with Crippen LogP contribution in [0.1, 0.15) is 12.0 Å². The molecule has 0 radical (unpaired) electrons. The summed E-state index contributed by atoms with van der Waals surface area (Å²) in [6.45, 7) is 0.199. The lowest BCUT2D eigenvalue weighted by Crippen LogP contribution is -2.39. The highest BCUT2D eigenvalue weighted by Gasteiger charge is 2.30. The molecule has 2 aromatic carbocycles. The Morgan fingerprint density at radius 1 is 1.12 bits per heavy atom. The summed E-state index contributed by atoms with van der Waals surface area (Å²) in [5.41, 5.74) is 1.44. The van der Waals surface area contributed by atoms with E-state index in [4.69, 9.17) is 4.74 Å². The van der Waals surface area contributed by atoms with E-state index in [-0.39, 0.29) is 23.1 Å². The number of hydrogen-bond donors (Lipinski definition) is 0. The third kappa shape index (κ3) is 3.14. The summed E-state index contributed by atoms with van der Waals surface area (Å²) in [6, 6.07) is 14.3. The van der Waals surface area contributed by atoms with E-state index in [2.05, 4.69) is 0 Å². The monoisotopic (exact) mass is 345 g/mol. The summed E-state index contributed by atoms with van der Waals surface area (Å²) >= 11 is 0. The average molecular weight is 345 g/mol. The molecule has 0 atom stereocenters. The zero-order valence-corrected chi connectivity index (χ0v) is 14.3. The number of fused-ring (bicyclic) bond motifs is 1. The summed E-state index contributed by atoms with van der Waals surface area (Å²) in [5.74, 6) is 0.639. The maximum Gasteiger partial charge on any atom is 0.227 e. The molecule has 0 unspecified atom stereocenters. The number of para-hydroxylation sites is 2. The fraction of sp³-hybridized carbons (Fsp3) is 0.278. The van der Waals surface area contributed by atoms with Crippen molar-refractivity contribution in [2.24, 2.45) is 0 Å². The van der Waals surface area contributed by atoms with Gasteiger partial charge in [-0.2, -0.15) is 0 Å². The SMILES string of the molecule is COc1ccccc1CCC(=O)N1CCS(=O)(=O)c2ccccc21. The zero-order valence-electron chi connectivity index (χ0n) is 13.4. The highest BCUT2D eigenvalue weighted by atomic mass is 32.2. The molecule has 3 rings (SSSR count). The Morgan fingerprint density at radius 3 is 2.62 bits per heavy atom. The van der Waals surface area contributed by atoms with Crippen LogP contribution in [0.5, 0.6) is 5.75 Å². The number of amides is 1. The van der Waals surface area contributed by atoms with Gasteiger partial charge in [0.2, 0.25) is 5.91 Å². The molecule has 0 aliphatic carbocycles. The minimum atomic E-state index is -3.30. The van der Waals surface area contributed by atoms with Crippen molar-refractivity contribution in [2.45, 2.75) is 17.7 Å². The van der Waals surface area contributed by atoms with Gasteiger partial charge in [0, 0.05) is 13.0 Å². The quantitative estimate of drug-likeness (QED) is 0.854. The van der Waals surface area contributed by atoms with E-state index in [0.29, 0.717) is 18.5 Å². The third-order valence-corrected chi connectivity index (χ3v) is 5.91. The molecule has 1 aliphatic rings. The van der Waals surface area contributed by atoms with Crippen LogP contribution in [0.2, 0.25) is 0 Å². The van der Waals surface area contributed by atoms with Crippen LogP contribution in [0.3, 0.4) is 0 Å². The van der Waals surface area contributed by atoms with Crippen LogP contribution in [0.15, 0.2) is 53.4 Å². The zero-order chi connectivity index (χ0) is 17.2. The second kappa shape index (κ2) is 6.65. The van der Waals surface area contributed by atoms with Gasteiger partial charge in [-0.25, -0.2) is 8.42 Å². The Balaban J connectivity index is 1.79. The first-order valence-electron chi connectivity index (χ1n) is 7.77. The molecule has 6 heteroatoms. The summed E-state index contributed by atoms with van der Waals surface area (Å²) in [6.07, 6.45) is 0.850. The number of sulfone groups is 1. The Labute approximate surface area is 141 Å². The topological polar surface area (TPSA) is 63.7 Å². The Kier molecular flexibility index (Phi) is 4.57. The van der Waals surface area contributed by atoms with Gasteiger partial charge in [0.15, 0.2) is 9.84 Å². The lowest BCUT2D eigenvalue weighted by atomic mass is 10.1. The van der Waals surface area contributed by atoms with Gasteiger partial charge in [-0.15, -0.1) is 0 Å². The lowest BCUT2D eigenvalue weighted by molar-refractivity contribution is -0.118. The van der Waals surface area contributed by atoms with Crippen LogP contribution in [-0.2, 0) is 21.1 Å². The Hall–Kier alpha value is -2.34. The van der Waals surface area contributed by atoms with E-state index < -0.39 is 9.84 Å². The molecule has 0 aromatic heterocycles. The fourth-order valence-electron chi connectivity index (χ4n) is 2.93. The van der Waals surface area contributed by atoms with Crippen molar-refractivity contribution < 1.29 is 17.9 Å². The average Bonchev–Trinajstić information content (AvgIpc) is 2.60. The van der Waals surface area contributed by atoms with Crippen molar-refractivity contribution in [1.29, 1.82) is 0 Å². The van der Waals surface area contributed by atoms with Crippen LogP contribution in [0.4, 0.5) is 5.69 Å². The van der Waals surface area contributed by atoms with Gasteiger partial charge in [0.25, 0.3) is 0 Å². The summed E-state index contributed by atoms with van der Waals surface area (Å²) < 4.78 is 29.6. The standard InChI is InChI=1S/C18H19NO4S/c1-23-16-8-4-2-6-14(16)10-11-18(20)19-12-13-24(21,22)17-9-5-3-7-15(17)19/h2-9H,10-13H2,1H3. The molecule has 126 valence electrons. The largest absolute Gasteiger partial charge is 0.496 e. The third-order valence-electron chi connectivity index (χ3n) is 4.18. The molecule has 1 heterocycles. The molecule has 1 aliphatic heterocycles. The van der Waals surface area contributed by atoms with Gasteiger partial charge in [-0.05, 0) is 30.2 Å². The second-order valence-electron chi connectivity index (χ2n) is 5.64. The molecule has 24 heavy (non-hydrogen) atoms. The normalized spacial score (nSPS) is 15.6. The summed E-state index contributed by atoms with van der Waals surface area (Å²) in [5, 5.41) is 0. The number of carbonyl (C=O) groups excluding carboxylic acids is 1. The van der Waals surface area contributed by atoms with Crippen molar-refractivity contribution in [3.63, 3.8) is 0 Å². The minimum Gasteiger partial charge on any atom is -0.496 e. The van der Waals surface area contributed by atoms with Crippen molar-refractivity contribution in [3.05, 3.63) is 54.1 Å². The molecule has 0 saturated carbocycles. The number of carbonyl (C=O) groups is 1. The first-order valence-corrected chi connectivity index (χ1v) is 9.42. The predicted octanol–water partition coefficient (Wildman–Crippen LogP) is 2.45. The highest BCUT2D eigenvalue weighted by Crippen LogP contribution is 2.31. The van der Waals surface area contributed by atoms with Crippen molar-refractivity contribution in [2.75, 3.05) is 24.3 Å². The van der Waals surface area contributed by atoms with Gasteiger partial charge in [0.1, 0.15) is 5.75 Å². The molecule has 1 amide bonds. The van der Waals surface area contributed by atoms with Gasteiger partial charge in [0.05, 0.1) is 23.4 Å². The number of anilines is 1. The van der Waals surface area contributed by atoms with Crippen LogP contribution >= 0.6 is 0 Å². The maximum absolute atomic E-state index is 12.6. The molecule has 2 aromatic rings. The van der Waals surface area contributed by atoms with Crippen LogP contribution < -0.4 is 9.64 Å². The molecule has 0 spiro atoms. The Morgan fingerprint density at radius 2 is 1.83 bits per heavy atom. The van der Waals surface area contributed by atoms with Crippen LogP contribution in [0.25, 0.3) is 0 Å². The minimum absolute atomic E-state index is 0.0373. The lowest BCUT2D eigenvalue weighted by Gasteiger charge is -2.29.